The first-order chi connectivity index (χ1) is 11.1. The molecule has 0 saturated heterocycles. The summed E-state index contributed by atoms with van der Waals surface area (Å²) >= 11 is 0. The summed E-state index contributed by atoms with van der Waals surface area (Å²) in [7, 11) is 3.16. The Balaban J connectivity index is 1.86. The Morgan fingerprint density at radius 3 is 2.48 bits per heavy atom. The van der Waals surface area contributed by atoms with Gasteiger partial charge in [-0.3, -0.25) is 4.79 Å². The highest BCUT2D eigenvalue weighted by Gasteiger charge is 2.06. The monoisotopic (exact) mass is 318 g/mol. The van der Waals surface area contributed by atoms with Gasteiger partial charge in [0.15, 0.2) is 0 Å². The van der Waals surface area contributed by atoms with Gasteiger partial charge in [-0.1, -0.05) is 0 Å². The van der Waals surface area contributed by atoms with E-state index in [2.05, 4.69) is 10.6 Å². The van der Waals surface area contributed by atoms with Gasteiger partial charge in [0.2, 0.25) is 5.91 Å². The van der Waals surface area contributed by atoms with E-state index < -0.39 is 0 Å². The second kappa shape index (κ2) is 8.03. The summed E-state index contributed by atoms with van der Waals surface area (Å²) in [5.74, 6) is 0.870. The average Bonchev–Trinajstić information content (AvgIpc) is 2.57. The number of hydrogen-bond acceptors (Lipinski definition) is 4. The van der Waals surface area contributed by atoms with E-state index in [1.807, 2.05) is 0 Å². The lowest BCUT2D eigenvalue weighted by molar-refractivity contribution is -0.115. The van der Waals surface area contributed by atoms with Crippen LogP contribution in [0.2, 0.25) is 0 Å². The summed E-state index contributed by atoms with van der Waals surface area (Å²) in [6.45, 7) is 0.427. The van der Waals surface area contributed by atoms with Crippen molar-refractivity contribution < 1.29 is 18.7 Å². The number of hydrogen-bond donors (Lipinski definition) is 2. The first-order valence-corrected chi connectivity index (χ1v) is 7.13. The maximum atomic E-state index is 12.8. The third-order valence-electron chi connectivity index (χ3n) is 3.20. The Kier molecular flexibility index (Phi) is 5.80. The standard InChI is InChI=1S/C17H19FN2O3/c1-22-14-7-8-16(23-2)15(11-14)19-10-9-17(21)20-13-5-3-12(18)4-6-13/h3-8,11,19H,9-10H2,1-2H3,(H,20,21). The molecular formula is C17H19FN2O3. The van der Waals surface area contributed by atoms with Gasteiger partial charge in [0.25, 0.3) is 0 Å². The lowest BCUT2D eigenvalue weighted by Crippen LogP contribution is -2.16. The van der Waals surface area contributed by atoms with Crippen LogP contribution in [0.15, 0.2) is 42.5 Å². The lowest BCUT2D eigenvalue weighted by Gasteiger charge is -2.12. The molecule has 0 radical (unpaired) electrons. The fraction of sp³-hybridized carbons (Fsp3) is 0.235. The van der Waals surface area contributed by atoms with Gasteiger partial charge in [0, 0.05) is 24.7 Å². The van der Waals surface area contributed by atoms with Crippen molar-refractivity contribution in [2.24, 2.45) is 0 Å². The van der Waals surface area contributed by atoms with E-state index in [1.54, 1.807) is 32.4 Å². The molecular weight excluding hydrogens is 299 g/mol. The molecule has 2 N–H and O–H groups in total. The Hall–Kier alpha value is -2.76. The van der Waals surface area contributed by atoms with Crippen LogP contribution in [0.25, 0.3) is 0 Å². The summed E-state index contributed by atoms with van der Waals surface area (Å²) < 4.78 is 23.2. The molecule has 2 aromatic carbocycles. The number of carbonyl (C=O) groups excluding carboxylic acids is 1. The fourth-order valence-corrected chi connectivity index (χ4v) is 2.02. The van der Waals surface area contributed by atoms with Crippen LogP contribution in [0.4, 0.5) is 15.8 Å². The molecule has 0 fully saturated rings. The molecule has 0 aliphatic rings. The van der Waals surface area contributed by atoms with E-state index >= 15 is 0 Å². The van der Waals surface area contributed by atoms with Gasteiger partial charge in [0.1, 0.15) is 17.3 Å². The minimum Gasteiger partial charge on any atom is -0.497 e. The van der Waals surface area contributed by atoms with Gasteiger partial charge in [-0.25, -0.2) is 4.39 Å². The molecule has 0 bridgehead atoms. The van der Waals surface area contributed by atoms with Crippen LogP contribution in [0.3, 0.4) is 0 Å². The number of carbonyl (C=O) groups is 1. The van der Waals surface area contributed by atoms with Gasteiger partial charge >= 0.3 is 0 Å². The largest absolute Gasteiger partial charge is 0.497 e. The number of amides is 1. The molecule has 0 heterocycles. The molecule has 0 aliphatic carbocycles. The highest BCUT2D eigenvalue weighted by Crippen LogP contribution is 2.28. The van der Waals surface area contributed by atoms with Crippen LogP contribution >= 0.6 is 0 Å². The highest BCUT2D eigenvalue weighted by atomic mass is 19.1. The maximum Gasteiger partial charge on any atom is 0.226 e. The zero-order valence-corrected chi connectivity index (χ0v) is 13.1. The van der Waals surface area contributed by atoms with Crippen LogP contribution in [-0.4, -0.2) is 26.7 Å². The van der Waals surface area contributed by atoms with E-state index in [0.29, 0.717) is 23.7 Å². The first kappa shape index (κ1) is 16.6. The maximum absolute atomic E-state index is 12.8. The average molecular weight is 318 g/mol. The predicted molar refractivity (Wildman–Crippen MR) is 87.7 cm³/mol. The quantitative estimate of drug-likeness (QED) is 0.822. The minimum absolute atomic E-state index is 0.161. The Morgan fingerprint density at radius 1 is 1.09 bits per heavy atom. The lowest BCUT2D eigenvalue weighted by atomic mass is 10.2. The third-order valence-corrected chi connectivity index (χ3v) is 3.20. The molecule has 0 spiro atoms. The number of anilines is 2. The zero-order chi connectivity index (χ0) is 16.7. The van der Waals surface area contributed by atoms with E-state index in [9.17, 15) is 9.18 Å². The summed E-state index contributed by atoms with van der Waals surface area (Å²) in [6, 6.07) is 11.0. The topological polar surface area (TPSA) is 59.6 Å². The van der Waals surface area contributed by atoms with Crippen LogP contribution in [0, 0.1) is 5.82 Å². The minimum atomic E-state index is -0.338. The molecule has 0 atom stereocenters. The Bertz CT molecular complexity index is 659. The normalized spacial score (nSPS) is 10.0. The van der Waals surface area contributed by atoms with Crippen molar-refractivity contribution in [3.05, 3.63) is 48.3 Å². The predicted octanol–water partition coefficient (Wildman–Crippen LogP) is 3.28. The molecule has 0 aromatic heterocycles. The van der Waals surface area contributed by atoms with Crippen LogP contribution in [0.5, 0.6) is 11.5 Å². The number of ether oxygens (including phenoxy) is 2. The molecule has 0 aliphatic heterocycles. The van der Waals surface area contributed by atoms with Crippen molar-refractivity contribution in [1.29, 1.82) is 0 Å². The summed E-state index contributed by atoms with van der Waals surface area (Å²) in [5, 5.41) is 5.84. The number of rotatable bonds is 7. The second-order valence-corrected chi connectivity index (χ2v) is 4.80. The van der Waals surface area contributed by atoms with Crippen LogP contribution in [-0.2, 0) is 4.79 Å². The smallest absolute Gasteiger partial charge is 0.226 e. The molecule has 122 valence electrons. The van der Waals surface area contributed by atoms with Gasteiger partial charge in [-0.05, 0) is 36.4 Å². The van der Waals surface area contributed by atoms with Crippen molar-refractivity contribution in [3.63, 3.8) is 0 Å². The van der Waals surface area contributed by atoms with Crippen molar-refractivity contribution in [1.82, 2.24) is 0 Å². The van der Waals surface area contributed by atoms with Gasteiger partial charge in [-0.2, -0.15) is 0 Å². The number of nitrogens with one attached hydrogen (secondary N) is 2. The number of halogens is 1. The van der Waals surface area contributed by atoms with Gasteiger partial charge < -0.3 is 20.1 Å². The molecule has 0 saturated carbocycles. The molecule has 2 rings (SSSR count). The SMILES string of the molecule is COc1ccc(OC)c(NCCC(=O)Nc2ccc(F)cc2)c1. The molecule has 1 amide bonds. The Morgan fingerprint density at radius 2 is 1.83 bits per heavy atom. The van der Waals surface area contributed by atoms with Crippen LogP contribution in [0.1, 0.15) is 6.42 Å². The molecule has 0 unspecified atom stereocenters. The van der Waals surface area contributed by atoms with E-state index in [1.165, 1.54) is 24.3 Å². The fourth-order valence-electron chi connectivity index (χ4n) is 2.02. The molecule has 23 heavy (non-hydrogen) atoms. The molecule has 2 aromatic rings. The highest BCUT2D eigenvalue weighted by molar-refractivity contribution is 5.91. The molecule has 6 heteroatoms. The Labute approximate surface area is 134 Å². The second-order valence-electron chi connectivity index (χ2n) is 4.80. The number of benzene rings is 2. The van der Waals surface area contributed by atoms with Crippen molar-refractivity contribution >= 4 is 17.3 Å². The van der Waals surface area contributed by atoms with Crippen molar-refractivity contribution in [3.8, 4) is 11.5 Å². The van der Waals surface area contributed by atoms with Gasteiger partial charge in [0.05, 0.1) is 19.9 Å². The van der Waals surface area contributed by atoms with Crippen molar-refractivity contribution in [2.45, 2.75) is 6.42 Å². The number of methoxy groups -OCH3 is 2. The van der Waals surface area contributed by atoms with E-state index in [0.717, 1.165) is 5.69 Å². The third kappa shape index (κ3) is 4.88. The van der Waals surface area contributed by atoms with Crippen LogP contribution < -0.4 is 20.1 Å². The van der Waals surface area contributed by atoms with Gasteiger partial charge in [-0.15, -0.1) is 0 Å². The molecule has 5 nitrogen and oxygen atoms in total. The summed E-state index contributed by atoms with van der Waals surface area (Å²) in [6.07, 6.45) is 0.262. The first-order valence-electron chi connectivity index (χ1n) is 7.13. The summed E-state index contributed by atoms with van der Waals surface area (Å²) in [4.78, 5) is 11.9. The summed E-state index contributed by atoms with van der Waals surface area (Å²) in [5.41, 5.74) is 1.32. The van der Waals surface area contributed by atoms with Crippen molar-refractivity contribution in [2.75, 3.05) is 31.4 Å². The zero-order valence-electron chi connectivity index (χ0n) is 13.1. The van der Waals surface area contributed by atoms with E-state index in [-0.39, 0.29) is 18.1 Å². The van der Waals surface area contributed by atoms with E-state index in [4.69, 9.17) is 9.47 Å².